The molecule has 2 aromatic carbocycles. The van der Waals surface area contributed by atoms with Crippen LogP contribution < -0.4 is 14.2 Å². The fourth-order valence-corrected chi connectivity index (χ4v) is 2.04. The number of nitrogens with zero attached hydrogens (tertiary/aromatic N) is 1. The van der Waals surface area contributed by atoms with E-state index >= 15 is 0 Å². The van der Waals surface area contributed by atoms with Crippen LogP contribution in [0.4, 0.5) is 4.39 Å². The number of benzene rings is 2. The van der Waals surface area contributed by atoms with Gasteiger partial charge >= 0.3 is 5.97 Å². The maximum absolute atomic E-state index is 13.6. The van der Waals surface area contributed by atoms with Crippen molar-refractivity contribution in [1.82, 2.24) is 0 Å². The lowest BCUT2D eigenvalue weighted by Gasteiger charge is -2.10. The zero-order chi connectivity index (χ0) is 16.8. The topological polar surface area (TPSA) is 68.5 Å². The average Bonchev–Trinajstić information content (AvgIpc) is 2.54. The lowest BCUT2D eigenvalue weighted by Crippen LogP contribution is -2.18. The number of rotatable bonds is 5. The zero-order valence-electron chi connectivity index (χ0n) is 12.0. The molecule has 0 aliphatic heterocycles. The standard InChI is InChI=1S/C16H11BrFNO4/c1-21-15-6-10(8-19)2-4-14(15)23-16(20)9-22-13-5-3-11(17)7-12(13)18/h2-7H,9H2,1H3. The Bertz CT molecular complexity index is 773. The summed E-state index contributed by atoms with van der Waals surface area (Å²) in [6.45, 7) is -0.471. The highest BCUT2D eigenvalue weighted by Gasteiger charge is 2.13. The van der Waals surface area contributed by atoms with Crippen LogP contribution in [0.1, 0.15) is 5.56 Å². The number of nitriles is 1. The molecule has 5 nitrogen and oxygen atoms in total. The minimum absolute atomic E-state index is 0.0584. The van der Waals surface area contributed by atoms with Gasteiger partial charge in [-0.15, -0.1) is 0 Å². The third kappa shape index (κ3) is 4.44. The van der Waals surface area contributed by atoms with Gasteiger partial charge in [0.1, 0.15) is 0 Å². The summed E-state index contributed by atoms with van der Waals surface area (Å²) in [7, 11) is 1.39. The fourth-order valence-electron chi connectivity index (χ4n) is 1.70. The number of halogens is 2. The Hall–Kier alpha value is -2.59. The van der Waals surface area contributed by atoms with Gasteiger partial charge in [-0.3, -0.25) is 0 Å². The van der Waals surface area contributed by atoms with Crippen molar-refractivity contribution in [3.05, 3.63) is 52.3 Å². The van der Waals surface area contributed by atoms with Crippen LogP contribution in [0.5, 0.6) is 17.2 Å². The summed E-state index contributed by atoms with van der Waals surface area (Å²) in [5, 5.41) is 8.81. The Morgan fingerprint density at radius 1 is 1.22 bits per heavy atom. The van der Waals surface area contributed by atoms with E-state index in [9.17, 15) is 9.18 Å². The van der Waals surface area contributed by atoms with Crippen LogP contribution in [-0.4, -0.2) is 19.7 Å². The van der Waals surface area contributed by atoms with E-state index < -0.39 is 18.4 Å². The first-order valence-corrected chi connectivity index (χ1v) is 7.19. The molecule has 0 saturated heterocycles. The SMILES string of the molecule is COc1cc(C#N)ccc1OC(=O)COc1ccc(Br)cc1F. The quantitative estimate of drug-likeness (QED) is 0.587. The number of carbonyl (C=O) groups is 1. The number of carbonyl (C=O) groups excluding carboxylic acids is 1. The van der Waals surface area contributed by atoms with Crippen molar-refractivity contribution in [1.29, 1.82) is 5.26 Å². The minimum Gasteiger partial charge on any atom is -0.493 e. The van der Waals surface area contributed by atoms with E-state index in [0.717, 1.165) is 0 Å². The third-order valence-electron chi connectivity index (χ3n) is 2.76. The number of ether oxygens (including phenoxy) is 3. The van der Waals surface area contributed by atoms with Crippen molar-refractivity contribution in [2.75, 3.05) is 13.7 Å². The molecule has 0 spiro atoms. The smallest absolute Gasteiger partial charge is 0.349 e. The molecule has 0 aliphatic rings. The molecule has 0 bridgehead atoms. The largest absolute Gasteiger partial charge is 0.493 e. The summed E-state index contributed by atoms with van der Waals surface area (Å²) >= 11 is 3.12. The second-order valence-electron chi connectivity index (χ2n) is 4.31. The monoisotopic (exact) mass is 379 g/mol. The van der Waals surface area contributed by atoms with Gasteiger partial charge in [0, 0.05) is 10.5 Å². The molecule has 0 atom stereocenters. The predicted molar refractivity (Wildman–Crippen MR) is 82.9 cm³/mol. The Balaban J connectivity index is 2.01. The van der Waals surface area contributed by atoms with Gasteiger partial charge in [0.25, 0.3) is 0 Å². The highest BCUT2D eigenvalue weighted by Crippen LogP contribution is 2.28. The molecular formula is C16H11BrFNO4. The first-order valence-electron chi connectivity index (χ1n) is 6.40. The van der Waals surface area contributed by atoms with Gasteiger partial charge in [-0.05, 0) is 30.3 Å². The highest BCUT2D eigenvalue weighted by atomic mass is 79.9. The second kappa shape index (κ2) is 7.61. The van der Waals surface area contributed by atoms with Gasteiger partial charge in [0.05, 0.1) is 18.7 Å². The molecule has 0 unspecified atom stereocenters. The number of methoxy groups -OCH3 is 1. The average molecular weight is 380 g/mol. The van der Waals surface area contributed by atoms with Gasteiger partial charge in [-0.1, -0.05) is 15.9 Å². The van der Waals surface area contributed by atoms with Gasteiger partial charge < -0.3 is 14.2 Å². The lowest BCUT2D eigenvalue weighted by atomic mass is 10.2. The molecule has 0 aliphatic carbocycles. The number of esters is 1. The maximum atomic E-state index is 13.6. The molecule has 7 heteroatoms. The molecule has 2 rings (SSSR count). The molecule has 0 radical (unpaired) electrons. The van der Waals surface area contributed by atoms with Crippen molar-refractivity contribution in [2.24, 2.45) is 0 Å². The molecule has 0 aromatic heterocycles. The molecule has 0 saturated carbocycles. The molecule has 0 amide bonds. The predicted octanol–water partition coefficient (Wildman–Crippen LogP) is 3.45. The van der Waals surface area contributed by atoms with Gasteiger partial charge in [0.2, 0.25) is 0 Å². The Morgan fingerprint density at radius 3 is 2.61 bits per heavy atom. The first-order chi connectivity index (χ1) is 11.0. The van der Waals surface area contributed by atoms with Crippen molar-refractivity contribution in [3.63, 3.8) is 0 Å². The summed E-state index contributed by atoms with van der Waals surface area (Å²) < 4.78 is 29.4. The third-order valence-corrected chi connectivity index (χ3v) is 3.25. The Morgan fingerprint density at radius 2 is 1.96 bits per heavy atom. The number of hydrogen-bond donors (Lipinski definition) is 0. The summed E-state index contributed by atoms with van der Waals surface area (Å²) in [6.07, 6.45) is 0. The molecular weight excluding hydrogens is 369 g/mol. The molecule has 2 aromatic rings. The van der Waals surface area contributed by atoms with Crippen LogP contribution >= 0.6 is 15.9 Å². The maximum Gasteiger partial charge on any atom is 0.349 e. The first kappa shape index (κ1) is 16.8. The summed E-state index contributed by atoms with van der Waals surface area (Å²) in [6, 6.07) is 10.5. The van der Waals surface area contributed by atoms with E-state index in [4.69, 9.17) is 19.5 Å². The van der Waals surface area contributed by atoms with Crippen LogP contribution in [-0.2, 0) is 4.79 Å². The van der Waals surface area contributed by atoms with Crippen LogP contribution in [0.15, 0.2) is 40.9 Å². The molecule has 0 fully saturated rings. The van der Waals surface area contributed by atoms with Crippen LogP contribution in [0.2, 0.25) is 0 Å². The fraction of sp³-hybridized carbons (Fsp3) is 0.125. The molecule has 0 heterocycles. The van der Waals surface area contributed by atoms with Gasteiger partial charge in [0.15, 0.2) is 29.7 Å². The Kier molecular flexibility index (Phi) is 5.55. The molecule has 118 valence electrons. The Labute approximate surface area is 140 Å². The lowest BCUT2D eigenvalue weighted by molar-refractivity contribution is -0.136. The summed E-state index contributed by atoms with van der Waals surface area (Å²) in [5.74, 6) is -0.987. The van der Waals surface area contributed by atoms with E-state index in [-0.39, 0.29) is 17.2 Å². The second-order valence-corrected chi connectivity index (χ2v) is 5.23. The van der Waals surface area contributed by atoms with E-state index in [2.05, 4.69) is 15.9 Å². The molecule has 23 heavy (non-hydrogen) atoms. The zero-order valence-corrected chi connectivity index (χ0v) is 13.6. The van der Waals surface area contributed by atoms with Crippen LogP contribution in [0.3, 0.4) is 0 Å². The van der Waals surface area contributed by atoms with Crippen molar-refractivity contribution in [2.45, 2.75) is 0 Å². The van der Waals surface area contributed by atoms with Crippen molar-refractivity contribution < 1.29 is 23.4 Å². The normalized spacial score (nSPS) is 9.83. The van der Waals surface area contributed by atoms with E-state index in [0.29, 0.717) is 10.0 Å². The summed E-state index contributed by atoms with van der Waals surface area (Å²) in [5.41, 5.74) is 0.370. The van der Waals surface area contributed by atoms with Crippen molar-refractivity contribution >= 4 is 21.9 Å². The number of hydrogen-bond acceptors (Lipinski definition) is 5. The molecule has 0 N–H and O–H groups in total. The van der Waals surface area contributed by atoms with Crippen molar-refractivity contribution in [3.8, 4) is 23.3 Å². The minimum atomic E-state index is -0.727. The van der Waals surface area contributed by atoms with Gasteiger partial charge in [-0.25, -0.2) is 9.18 Å². The van der Waals surface area contributed by atoms with Gasteiger partial charge in [-0.2, -0.15) is 5.26 Å². The van der Waals surface area contributed by atoms with E-state index in [1.54, 1.807) is 6.07 Å². The van der Waals surface area contributed by atoms with Crippen LogP contribution in [0.25, 0.3) is 0 Å². The highest BCUT2D eigenvalue weighted by molar-refractivity contribution is 9.10. The van der Waals surface area contributed by atoms with E-state index in [1.165, 1.54) is 37.4 Å². The van der Waals surface area contributed by atoms with E-state index in [1.807, 2.05) is 6.07 Å². The van der Waals surface area contributed by atoms with Crippen LogP contribution in [0, 0.1) is 17.1 Å². The summed E-state index contributed by atoms with van der Waals surface area (Å²) in [4.78, 5) is 11.8.